The van der Waals surface area contributed by atoms with Crippen molar-refractivity contribution in [3.63, 3.8) is 0 Å². The van der Waals surface area contributed by atoms with Crippen LogP contribution in [0.1, 0.15) is 90.4 Å². The van der Waals surface area contributed by atoms with Crippen molar-refractivity contribution >= 4 is 5.97 Å². The number of unbranched alkanes of at least 4 members (excludes halogenated alkanes) is 9. The molecule has 2 heteroatoms. The van der Waals surface area contributed by atoms with Gasteiger partial charge in [0.15, 0.2) is 0 Å². The molecule has 0 amide bonds. The molecule has 0 saturated heterocycles. The minimum atomic E-state index is -0.110. The van der Waals surface area contributed by atoms with E-state index in [1.165, 1.54) is 58.5 Å². The zero-order chi connectivity index (χ0) is 16.3. The molecule has 0 aliphatic carbocycles. The third-order valence-electron chi connectivity index (χ3n) is 3.79. The number of hydrogen-bond donors (Lipinski definition) is 0. The summed E-state index contributed by atoms with van der Waals surface area (Å²) in [6, 6.07) is 0. The monoisotopic (exact) mass is 308 g/mol. The molecule has 2 nitrogen and oxygen atoms in total. The maximum atomic E-state index is 10.9. The van der Waals surface area contributed by atoms with Gasteiger partial charge < -0.3 is 4.74 Å². The number of allylic oxidation sites excluding steroid dienone is 4. The number of methoxy groups -OCH3 is 1. The van der Waals surface area contributed by atoms with Crippen LogP contribution in [-0.2, 0) is 9.53 Å². The SMILES string of the molecule is CCCCCCCCC/C=C/CC/C=C/CCCC(=O)OC. The summed E-state index contributed by atoms with van der Waals surface area (Å²) < 4.78 is 4.60. The van der Waals surface area contributed by atoms with Crippen LogP contribution in [0, 0.1) is 0 Å². The van der Waals surface area contributed by atoms with Gasteiger partial charge in [-0.05, 0) is 38.5 Å². The minimum Gasteiger partial charge on any atom is -0.469 e. The predicted molar refractivity (Wildman–Crippen MR) is 96.0 cm³/mol. The molecule has 22 heavy (non-hydrogen) atoms. The standard InChI is InChI=1S/C20H36O2/c1-3-4-5-6-7-8-9-10-11-12-13-14-15-16-17-18-19-20(21)22-2/h11-12,15-16H,3-10,13-14,17-19H2,1-2H3/b12-11+,16-15+. The highest BCUT2D eigenvalue weighted by atomic mass is 16.5. The van der Waals surface area contributed by atoms with Gasteiger partial charge in [0.2, 0.25) is 0 Å². The normalized spacial score (nSPS) is 11.5. The van der Waals surface area contributed by atoms with Crippen LogP contribution in [0.15, 0.2) is 24.3 Å². The largest absolute Gasteiger partial charge is 0.469 e. The highest BCUT2D eigenvalue weighted by Gasteiger charge is 1.96. The second-order valence-corrected chi connectivity index (χ2v) is 5.90. The maximum absolute atomic E-state index is 10.9. The zero-order valence-electron chi connectivity index (χ0n) is 14.8. The number of rotatable bonds is 15. The molecule has 0 heterocycles. The Labute approximate surface area is 138 Å². The van der Waals surface area contributed by atoms with E-state index in [0.717, 1.165) is 25.7 Å². The van der Waals surface area contributed by atoms with Crippen LogP contribution in [0.4, 0.5) is 0 Å². The Morgan fingerprint density at radius 2 is 1.23 bits per heavy atom. The van der Waals surface area contributed by atoms with Crippen molar-refractivity contribution in [1.82, 2.24) is 0 Å². The second kappa shape index (κ2) is 18.0. The molecule has 0 bridgehead atoms. The molecule has 128 valence electrons. The summed E-state index contributed by atoms with van der Waals surface area (Å²) in [7, 11) is 1.44. The van der Waals surface area contributed by atoms with E-state index in [1.807, 2.05) is 0 Å². The minimum absolute atomic E-state index is 0.110. The van der Waals surface area contributed by atoms with E-state index in [9.17, 15) is 4.79 Å². The van der Waals surface area contributed by atoms with Crippen LogP contribution in [0.5, 0.6) is 0 Å². The van der Waals surface area contributed by atoms with Crippen LogP contribution >= 0.6 is 0 Å². The van der Waals surface area contributed by atoms with Crippen LogP contribution in [0.3, 0.4) is 0 Å². The van der Waals surface area contributed by atoms with Crippen molar-refractivity contribution in [3.05, 3.63) is 24.3 Å². The summed E-state index contributed by atoms with van der Waals surface area (Å²) >= 11 is 0. The number of esters is 1. The quantitative estimate of drug-likeness (QED) is 0.200. The van der Waals surface area contributed by atoms with Gasteiger partial charge in [0.25, 0.3) is 0 Å². The van der Waals surface area contributed by atoms with Gasteiger partial charge >= 0.3 is 5.97 Å². The molecule has 0 saturated carbocycles. The molecule has 0 fully saturated rings. The molecule has 0 aromatic rings. The van der Waals surface area contributed by atoms with E-state index >= 15 is 0 Å². The molecule has 0 atom stereocenters. The van der Waals surface area contributed by atoms with Gasteiger partial charge in [0, 0.05) is 6.42 Å². The van der Waals surface area contributed by atoms with Crippen LogP contribution in [0.2, 0.25) is 0 Å². The summed E-state index contributed by atoms with van der Waals surface area (Å²) in [5, 5.41) is 0. The average molecular weight is 309 g/mol. The number of carbonyl (C=O) groups excluding carboxylic acids is 1. The van der Waals surface area contributed by atoms with Gasteiger partial charge in [-0.25, -0.2) is 0 Å². The Morgan fingerprint density at radius 3 is 1.82 bits per heavy atom. The first-order valence-corrected chi connectivity index (χ1v) is 9.18. The Morgan fingerprint density at radius 1 is 0.727 bits per heavy atom. The molecule has 0 aliphatic heterocycles. The van der Waals surface area contributed by atoms with Gasteiger partial charge in [0.05, 0.1) is 7.11 Å². The van der Waals surface area contributed by atoms with Crippen molar-refractivity contribution in [3.8, 4) is 0 Å². The molecule has 0 N–H and O–H groups in total. The van der Waals surface area contributed by atoms with Gasteiger partial charge in [-0.15, -0.1) is 0 Å². The first kappa shape index (κ1) is 20.9. The van der Waals surface area contributed by atoms with Crippen molar-refractivity contribution in [2.45, 2.75) is 90.4 Å². The van der Waals surface area contributed by atoms with Gasteiger partial charge in [0.1, 0.15) is 0 Å². The first-order chi connectivity index (χ1) is 10.8. The summed E-state index contributed by atoms with van der Waals surface area (Å²) in [5.74, 6) is -0.110. The lowest BCUT2D eigenvalue weighted by molar-refractivity contribution is -0.140. The van der Waals surface area contributed by atoms with E-state index < -0.39 is 0 Å². The van der Waals surface area contributed by atoms with Gasteiger partial charge in [-0.3, -0.25) is 4.79 Å². The van der Waals surface area contributed by atoms with Crippen molar-refractivity contribution in [2.24, 2.45) is 0 Å². The van der Waals surface area contributed by atoms with Gasteiger partial charge in [-0.1, -0.05) is 69.8 Å². The van der Waals surface area contributed by atoms with Crippen LogP contribution in [-0.4, -0.2) is 13.1 Å². The molecular formula is C20H36O2. The smallest absolute Gasteiger partial charge is 0.305 e. The molecular weight excluding hydrogens is 272 g/mol. The van der Waals surface area contributed by atoms with Crippen LogP contribution < -0.4 is 0 Å². The molecule has 0 aliphatic rings. The van der Waals surface area contributed by atoms with Gasteiger partial charge in [-0.2, -0.15) is 0 Å². The number of hydrogen-bond acceptors (Lipinski definition) is 2. The summed E-state index contributed by atoms with van der Waals surface area (Å²) in [5.41, 5.74) is 0. The topological polar surface area (TPSA) is 26.3 Å². The Hall–Kier alpha value is -1.05. The molecule has 0 radical (unpaired) electrons. The number of ether oxygens (including phenoxy) is 1. The Bertz CT molecular complexity index is 292. The maximum Gasteiger partial charge on any atom is 0.305 e. The predicted octanol–water partition coefficient (Wildman–Crippen LogP) is 6.36. The van der Waals surface area contributed by atoms with E-state index in [1.54, 1.807) is 0 Å². The highest BCUT2D eigenvalue weighted by molar-refractivity contribution is 5.68. The molecule has 0 unspecified atom stereocenters. The Balaban J connectivity index is 3.21. The third-order valence-corrected chi connectivity index (χ3v) is 3.79. The fraction of sp³-hybridized carbons (Fsp3) is 0.750. The fourth-order valence-corrected chi connectivity index (χ4v) is 2.35. The summed E-state index contributed by atoms with van der Waals surface area (Å²) in [6.07, 6.45) is 24.6. The van der Waals surface area contributed by atoms with E-state index in [0.29, 0.717) is 6.42 Å². The highest BCUT2D eigenvalue weighted by Crippen LogP contribution is 2.09. The lowest BCUT2D eigenvalue weighted by Gasteiger charge is -1.98. The van der Waals surface area contributed by atoms with Crippen molar-refractivity contribution < 1.29 is 9.53 Å². The molecule has 0 rings (SSSR count). The van der Waals surface area contributed by atoms with Crippen molar-refractivity contribution in [2.75, 3.05) is 7.11 Å². The summed E-state index contributed by atoms with van der Waals surface area (Å²) in [6.45, 7) is 2.27. The average Bonchev–Trinajstić information content (AvgIpc) is 2.54. The third kappa shape index (κ3) is 17.0. The van der Waals surface area contributed by atoms with E-state index in [2.05, 4.69) is 36.0 Å². The molecule has 0 spiro atoms. The van der Waals surface area contributed by atoms with Crippen LogP contribution in [0.25, 0.3) is 0 Å². The summed E-state index contributed by atoms with van der Waals surface area (Å²) in [4.78, 5) is 10.9. The lowest BCUT2D eigenvalue weighted by Crippen LogP contribution is -1.98. The zero-order valence-corrected chi connectivity index (χ0v) is 14.8. The lowest BCUT2D eigenvalue weighted by atomic mass is 10.1. The Kier molecular flexibility index (Phi) is 17.1. The fourth-order valence-electron chi connectivity index (χ4n) is 2.35. The van der Waals surface area contributed by atoms with Crippen molar-refractivity contribution in [1.29, 1.82) is 0 Å². The molecule has 0 aromatic carbocycles. The second-order valence-electron chi connectivity index (χ2n) is 5.90. The van der Waals surface area contributed by atoms with E-state index in [4.69, 9.17) is 0 Å². The number of carbonyl (C=O) groups is 1. The molecule has 0 aromatic heterocycles. The van der Waals surface area contributed by atoms with E-state index in [-0.39, 0.29) is 5.97 Å². The first-order valence-electron chi connectivity index (χ1n) is 9.18.